The average Bonchev–Trinajstić information content (AvgIpc) is 2.62. The van der Waals surface area contributed by atoms with Gasteiger partial charge < -0.3 is 0 Å². The molecule has 0 aromatic heterocycles. The lowest BCUT2D eigenvalue weighted by atomic mass is 9.87. The van der Waals surface area contributed by atoms with E-state index < -0.39 is 0 Å². The average molecular weight is 323 g/mol. The molecule has 2 aromatic rings. The molecule has 0 saturated carbocycles. The van der Waals surface area contributed by atoms with Crippen LogP contribution in [0.2, 0.25) is 0 Å². The molecule has 2 aromatic carbocycles. The molecule has 0 heterocycles. The molecular weight excluding hydrogens is 296 g/mol. The van der Waals surface area contributed by atoms with E-state index in [1.54, 1.807) is 0 Å². The van der Waals surface area contributed by atoms with Gasteiger partial charge in [0.25, 0.3) is 0 Å². The van der Waals surface area contributed by atoms with E-state index in [9.17, 15) is 0 Å². The summed E-state index contributed by atoms with van der Waals surface area (Å²) < 4.78 is 0. The molecule has 1 aliphatic carbocycles. The van der Waals surface area contributed by atoms with Crippen LogP contribution in [-0.2, 0) is 6.42 Å². The van der Waals surface area contributed by atoms with Crippen LogP contribution in [0.4, 0.5) is 0 Å². The Labute approximate surface area is 145 Å². The number of hydrogen-bond acceptors (Lipinski definition) is 1. The Balaban J connectivity index is 1.57. The molecule has 120 valence electrons. The summed E-state index contributed by atoms with van der Waals surface area (Å²) >= 11 is 1.93. The van der Waals surface area contributed by atoms with Crippen molar-refractivity contribution in [2.75, 3.05) is 0 Å². The van der Waals surface area contributed by atoms with E-state index in [0.717, 1.165) is 0 Å². The van der Waals surface area contributed by atoms with Crippen LogP contribution in [0.1, 0.15) is 56.1 Å². The molecule has 0 N–H and O–H groups in total. The molecule has 0 fully saturated rings. The van der Waals surface area contributed by atoms with Gasteiger partial charge in [-0.3, -0.25) is 0 Å². The highest BCUT2D eigenvalue weighted by Gasteiger charge is 2.16. The van der Waals surface area contributed by atoms with E-state index in [1.165, 1.54) is 59.5 Å². The number of benzene rings is 2. The van der Waals surface area contributed by atoms with Crippen molar-refractivity contribution in [3.63, 3.8) is 0 Å². The van der Waals surface area contributed by atoms with E-state index in [1.807, 2.05) is 11.8 Å². The van der Waals surface area contributed by atoms with E-state index in [2.05, 4.69) is 67.6 Å². The van der Waals surface area contributed by atoms with E-state index in [4.69, 9.17) is 0 Å². The molecule has 1 heteroatoms. The normalized spacial score (nSPS) is 17.8. The quantitative estimate of drug-likeness (QED) is 0.553. The summed E-state index contributed by atoms with van der Waals surface area (Å²) in [4.78, 5) is 2.89. The fraction of sp³-hybridized carbons (Fsp3) is 0.364. The monoisotopic (exact) mass is 322 g/mol. The molecule has 1 atom stereocenters. The Kier molecular flexibility index (Phi) is 5.99. The first-order valence-electron chi connectivity index (χ1n) is 8.86. The minimum atomic E-state index is 0.704. The van der Waals surface area contributed by atoms with Gasteiger partial charge in [0.05, 0.1) is 0 Å². The molecule has 0 saturated heterocycles. The van der Waals surface area contributed by atoms with Crippen LogP contribution in [0.25, 0.3) is 0 Å². The fourth-order valence-electron chi connectivity index (χ4n) is 3.18. The Morgan fingerprint density at radius 1 is 1.00 bits per heavy atom. The highest BCUT2D eigenvalue weighted by atomic mass is 32.2. The maximum absolute atomic E-state index is 2.46. The lowest BCUT2D eigenvalue weighted by Crippen LogP contribution is -2.03. The molecule has 23 heavy (non-hydrogen) atoms. The van der Waals surface area contributed by atoms with Gasteiger partial charge in [-0.2, -0.15) is 0 Å². The van der Waals surface area contributed by atoms with Crippen molar-refractivity contribution >= 4 is 11.8 Å². The Hall–Kier alpha value is -1.47. The van der Waals surface area contributed by atoms with E-state index >= 15 is 0 Å². The van der Waals surface area contributed by atoms with Crippen molar-refractivity contribution < 1.29 is 0 Å². The number of rotatable bonds is 6. The minimum Gasteiger partial charge on any atom is -0.0949 e. The second-order valence-electron chi connectivity index (χ2n) is 6.40. The van der Waals surface area contributed by atoms with Crippen molar-refractivity contribution in [2.24, 2.45) is 0 Å². The predicted octanol–water partition coefficient (Wildman–Crippen LogP) is 6.97. The maximum Gasteiger partial charge on any atom is 0.0118 e. The van der Waals surface area contributed by atoms with Gasteiger partial charge >= 0.3 is 0 Å². The van der Waals surface area contributed by atoms with Crippen molar-refractivity contribution in [1.82, 2.24) is 0 Å². The Morgan fingerprint density at radius 3 is 2.43 bits per heavy atom. The zero-order valence-electron chi connectivity index (χ0n) is 14.0. The summed E-state index contributed by atoms with van der Waals surface area (Å²) in [5.74, 6) is 0.704. The fourth-order valence-corrected chi connectivity index (χ4v) is 4.18. The maximum atomic E-state index is 2.46. The first kappa shape index (κ1) is 16.4. The lowest BCUT2D eigenvalue weighted by molar-refractivity contribution is 0.612. The van der Waals surface area contributed by atoms with Crippen molar-refractivity contribution in [2.45, 2.75) is 56.3 Å². The first-order valence-corrected chi connectivity index (χ1v) is 9.67. The third kappa shape index (κ3) is 4.75. The van der Waals surface area contributed by atoms with Crippen LogP contribution >= 0.6 is 11.8 Å². The van der Waals surface area contributed by atoms with Crippen molar-refractivity contribution in [3.8, 4) is 0 Å². The molecule has 3 rings (SSSR count). The van der Waals surface area contributed by atoms with E-state index in [-0.39, 0.29) is 0 Å². The van der Waals surface area contributed by atoms with Crippen LogP contribution in [0, 0.1) is 0 Å². The van der Waals surface area contributed by atoms with Gasteiger partial charge in [0.1, 0.15) is 0 Å². The lowest BCUT2D eigenvalue weighted by Gasteiger charge is -2.22. The third-order valence-electron chi connectivity index (χ3n) is 4.63. The van der Waals surface area contributed by atoms with Gasteiger partial charge in [-0.1, -0.05) is 73.6 Å². The zero-order valence-corrected chi connectivity index (χ0v) is 14.8. The first-order chi connectivity index (χ1) is 11.3. The highest BCUT2D eigenvalue weighted by Crippen LogP contribution is 2.39. The number of aryl methyl sites for hydroxylation is 1. The second kappa shape index (κ2) is 8.40. The predicted molar refractivity (Wildman–Crippen MR) is 102 cm³/mol. The molecule has 0 radical (unpaired) electrons. The van der Waals surface area contributed by atoms with Gasteiger partial charge in [-0.15, -0.1) is 0 Å². The molecular formula is C22H26S. The molecule has 1 unspecified atom stereocenters. The summed E-state index contributed by atoms with van der Waals surface area (Å²) in [6.07, 6.45) is 9.92. The van der Waals surface area contributed by atoms with Gasteiger partial charge in [-0.25, -0.2) is 0 Å². The Bertz CT molecular complexity index is 625. The smallest absolute Gasteiger partial charge is 0.0118 e. The van der Waals surface area contributed by atoms with Crippen LogP contribution in [0.5, 0.6) is 0 Å². The van der Waals surface area contributed by atoms with E-state index in [0.29, 0.717) is 5.92 Å². The summed E-state index contributed by atoms with van der Waals surface area (Å²) in [7, 11) is 0. The number of thioether (sulfide) groups is 1. The molecule has 0 amide bonds. The zero-order chi connectivity index (χ0) is 15.9. The largest absolute Gasteiger partial charge is 0.0949 e. The number of hydrogen-bond donors (Lipinski definition) is 0. The standard InChI is InChI=1S/C22H26S/c1-2-3-7-18-10-12-19(13-11-18)20-14-16-22(17-15-20)23-21-8-5-4-6-9-21/h4-6,8-13,16,20H,2-3,7,14-15,17H2,1H3. The van der Waals surface area contributed by atoms with Gasteiger partial charge in [0, 0.05) is 4.90 Å². The Morgan fingerprint density at radius 2 is 1.78 bits per heavy atom. The molecule has 0 nitrogen and oxygen atoms in total. The molecule has 0 aliphatic heterocycles. The summed E-state index contributed by atoms with van der Waals surface area (Å²) in [6.45, 7) is 2.26. The van der Waals surface area contributed by atoms with Crippen LogP contribution in [0.15, 0.2) is 70.5 Å². The SMILES string of the molecule is CCCCc1ccc(C2CC=C(Sc3ccccc3)CC2)cc1. The molecule has 0 bridgehead atoms. The molecule has 1 aliphatic rings. The summed E-state index contributed by atoms with van der Waals surface area (Å²) in [5.41, 5.74) is 3.01. The minimum absolute atomic E-state index is 0.704. The topological polar surface area (TPSA) is 0 Å². The molecule has 0 spiro atoms. The van der Waals surface area contributed by atoms with Gasteiger partial charge in [0.2, 0.25) is 0 Å². The van der Waals surface area contributed by atoms with Crippen molar-refractivity contribution in [3.05, 3.63) is 76.7 Å². The van der Waals surface area contributed by atoms with Crippen LogP contribution in [0.3, 0.4) is 0 Å². The summed E-state index contributed by atoms with van der Waals surface area (Å²) in [6, 6.07) is 20.1. The number of allylic oxidation sites excluding steroid dienone is 2. The van der Waals surface area contributed by atoms with Crippen LogP contribution in [-0.4, -0.2) is 0 Å². The van der Waals surface area contributed by atoms with Gasteiger partial charge in [-0.05, 0) is 66.2 Å². The van der Waals surface area contributed by atoms with Crippen molar-refractivity contribution in [1.29, 1.82) is 0 Å². The van der Waals surface area contributed by atoms with Crippen LogP contribution < -0.4 is 0 Å². The highest BCUT2D eigenvalue weighted by molar-refractivity contribution is 8.03. The number of unbranched alkanes of at least 4 members (excludes halogenated alkanes) is 1. The van der Waals surface area contributed by atoms with Gasteiger partial charge in [0.15, 0.2) is 0 Å². The summed E-state index contributed by atoms with van der Waals surface area (Å²) in [5, 5.41) is 0. The third-order valence-corrected chi connectivity index (χ3v) is 5.77. The second-order valence-corrected chi connectivity index (χ2v) is 7.60.